The number of rotatable bonds is 1. The van der Waals surface area contributed by atoms with Crippen LogP contribution in [0.3, 0.4) is 0 Å². The minimum absolute atomic E-state index is 0.264. The van der Waals surface area contributed by atoms with Gasteiger partial charge in [0.05, 0.1) is 12.6 Å². The van der Waals surface area contributed by atoms with Crippen molar-refractivity contribution in [1.29, 1.82) is 0 Å². The van der Waals surface area contributed by atoms with E-state index in [1.807, 2.05) is 0 Å². The lowest BCUT2D eigenvalue weighted by molar-refractivity contribution is 0.707. The van der Waals surface area contributed by atoms with Crippen molar-refractivity contribution in [3.8, 4) is 0 Å². The van der Waals surface area contributed by atoms with Crippen molar-refractivity contribution in [2.45, 2.75) is 13.0 Å². The van der Waals surface area contributed by atoms with Gasteiger partial charge in [0, 0.05) is 0 Å². The maximum Gasteiger partial charge on any atom is 0.189 e. The SMILES string of the molecule is Cc1ccc(C2CN=C(N)N2)cc1. The molecule has 13 heavy (non-hydrogen) atoms. The van der Waals surface area contributed by atoms with E-state index in [1.165, 1.54) is 11.1 Å². The number of aryl methyl sites for hydroxylation is 1. The number of nitrogens with two attached hydrogens (primary N) is 1. The maximum atomic E-state index is 5.53. The van der Waals surface area contributed by atoms with Crippen LogP contribution in [-0.4, -0.2) is 12.5 Å². The first-order valence-corrected chi connectivity index (χ1v) is 4.39. The van der Waals surface area contributed by atoms with Crippen molar-refractivity contribution < 1.29 is 0 Å². The fourth-order valence-electron chi connectivity index (χ4n) is 1.45. The van der Waals surface area contributed by atoms with Gasteiger partial charge in [0.25, 0.3) is 0 Å². The molecule has 0 radical (unpaired) electrons. The Morgan fingerprint density at radius 2 is 2.08 bits per heavy atom. The monoisotopic (exact) mass is 175 g/mol. The van der Waals surface area contributed by atoms with Crippen molar-refractivity contribution in [3.05, 3.63) is 35.4 Å². The van der Waals surface area contributed by atoms with Crippen LogP contribution in [0.25, 0.3) is 0 Å². The summed E-state index contributed by atoms with van der Waals surface area (Å²) >= 11 is 0. The minimum atomic E-state index is 0.264. The normalized spacial score (nSPS) is 21.0. The van der Waals surface area contributed by atoms with Gasteiger partial charge in [0.15, 0.2) is 5.96 Å². The summed E-state index contributed by atoms with van der Waals surface area (Å²) in [5, 5.41) is 3.12. The Bertz CT molecular complexity index is 327. The zero-order valence-corrected chi connectivity index (χ0v) is 7.62. The highest BCUT2D eigenvalue weighted by molar-refractivity contribution is 5.80. The van der Waals surface area contributed by atoms with Gasteiger partial charge in [0.1, 0.15) is 0 Å². The van der Waals surface area contributed by atoms with Gasteiger partial charge in [-0.2, -0.15) is 0 Å². The summed E-state index contributed by atoms with van der Waals surface area (Å²) in [6.45, 7) is 2.83. The second kappa shape index (κ2) is 3.09. The van der Waals surface area contributed by atoms with Crippen molar-refractivity contribution >= 4 is 5.96 Å². The summed E-state index contributed by atoms with van der Waals surface area (Å²) in [5.74, 6) is 0.547. The van der Waals surface area contributed by atoms with Gasteiger partial charge in [-0.3, -0.25) is 4.99 Å². The number of hydrogen-bond acceptors (Lipinski definition) is 3. The van der Waals surface area contributed by atoms with Crippen LogP contribution in [0.2, 0.25) is 0 Å². The van der Waals surface area contributed by atoms with Crippen LogP contribution in [0.4, 0.5) is 0 Å². The molecule has 1 aromatic carbocycles. The summed E-state index contributed by atoms with van der Waals surface area (Å²) in [5.41, 5.74) is 8.05. The van der Waals surface area contributed by atoms with E-state index in [2.05, 4.69) is 41.5 Å². The van der Waals surface area contributed by atoms with E-state index >= 15 is 0 Å². The first-order valence-electron chi connectivity index (χ1n) is 4.39. The molecule has 1 aliphatic heterocycles. The molecule has 1 aromatic rings. The maximum absolute atomic E-state index is 5.53. The molecule has 1 aliphatic rings. The van der Waals surface area contributed by atoms with E-state index in [1.54, 1.807) is 0 Å². The summed E-state index contributed by atoms with van der Waals surface area (Å²) in [7, 11) is 0. The van der Waals surface area contributed by atoms with Crippen molar-refractivity contribution in [2.75, 3.05) is 6.54 Å². The molecule has 0 saturated heterocycles. The molecule has 0 bridgehead atoms. The third kappa shape index (κ3) is 1.64. The first kappa shape index (κ1) is 8.10. The average molecular weight is 175 g/mol. The van der Waals surface area contributed by atoms with E-state index in [4.69, 9.17) is 5.73 Å². The Balaban J connectivity index is 2.14. The predicted molar refractivity (Wildman–Crippen MR) is 53.5 cm³/mol. The van der Waals surface area contributed by atoms with Gasteiger partial charge >= 0.3 is 0 Å². The Labute approximate surface area is 77.7 Å². The topological polar surface area (TPSA) is 50.4 Å². The molecule has 1 unspecified atom stereocenters. The quantitative estimate of drug-likeness (QED) is 0.667. The summed E-state index contributed by atoms with van der Waals surface area (Å²) in [4.78, 5) is 4.10. The van der Waals surface area contributed by atoms with Gasteiger partial charge in [-0.1, -0.05) is 29.8 Å². The highest BCUT2D eigenvalue weighted by Crippen LogP contribution is 2.16. The summed E-state index contributed by atoms with van der Waals surface area (Å²) < 4.78 is 0. The number of nitrogens with one attached hydrogen (secondary N) is 1. The van der Waals surface area contributed by atoms with E-state index < -0.39 is 0 Å². The fraction of sp³-hybridized carbons (Fsp3) is 0.300. The fourth-order valence-corrected chi connectivity index (χ4v) is 1.45. The third-order valence-electron chi connectivity index (χ3n) is 2.25. The summed E-state index contributed by atoms with van der Waals surface area (Å²) in [6, 6.07) is 8.69. The molecule has 0 spiro atoms. The number of benzene rings is 1. The Hall–Kier alpha value is -1.51. The predicted octanol–water partition coefficient (Wildman–Crippen LogP) is 0.954. The smallest absolute Gasteiger partial charge is 0.189 e. The van der Waals surface area contributed by atoms with E-state index in [0.717, 1.165) is 6.54 Å². The molecule has 0 saturated carbocycles. The van der Waals surface area contributed by atoms with Gasteiger partial charge in [0.2, 0.25) is 0 Å². The molecular weight excluding hydrogens is 162 g/mol. The van der Waals surface area contributed by atoms with E-state index in [-0.39, 0.29) is 6.04 Å². The van der Waals surface area contributed by atoms with Crippen LogP contribution in [0.15, 0.2) is 29.3 Å². The van der Waals surface area contributed by atoms with Gasteiger partial charge in [-0.05, 0) is 12.5 Å². The lowest BCUT2D eigenvalue weighted by atomic mass is 10.1. The molecule has 68 valence electrons. The molecule has 1 heterocycles. The molecule has 0 fully saturated rings. The zero-order chi connectivity index (χ0) is 9.26. The number of hydrogen-bond donors (Lipinski definition) is 2. The van der Waals surface area contributed by atoms with E-state index in [0.29, 0.717) is 5.96 Å². The average Bonchev–Trinajstić information content (AvgIpc) is 2.53. The van der Waals surface area contributed by atoms with Crippen LogP contribution < -0.4 is 11.1 Å². The molecule has 2 rings (SSSR count). The highest BCUT2D eigenvalue weighted by Gasteiger charge is 2.16. The number of nitrogens with zero attached hydrogens (tertiary/aromatic N) is 1. The van der Waals surface area contributed by atoms with Crippen LogP contribution in [0.1, 0.15) is 17.2 Å². The molecule has 3 nitrogen and oxygen atoms in total. The second-order valence-electron chi connectivity index (χ2n) is 3.33. The molecule has 0 aliphatic carbocycles. The lowest BCUT2D eigenvalue weighted by Crippen LogP contribution is -2.29. The van der Waals surface area contributed by atoms with Crippen LogP contribution >= 0.6 is 0 Å². The first-order chi connectivity index (χ1) is 6.25. The van der Waals surface area contributed by atoms with Crippen LogP contribution in [0.5, 0.6) is 0 Å². The number of aliphatic imine (C=N–C) groups is 1. The van der Waals surface area contributed by atoms with Crippen LogP contribution in [0, 0.1) is 6.92 Å². The lowest BCUT2D eigenvalue weighted by Gasteiger charge is -2.10. The molecular formula is C10H13N3. The van der Waals surface area contributed by atoms with Gasteiger partial charge in [-0.15, -0.1) is 0 Å². The molecule has 0 amide bonds. The molecule has 3 N–H and O–H groups in total. The largest absolute Gasteiger partial charge is 0.370 e. The Kier molecular flexibility index (Phi) is 1.93. The Morgan fingerprint density at radius 3 is 2.62 bits per heavy atom. The van der Waals surface area contributed by atoms with Crippen LogP contribution in [-0.2, 0) is 0 Å². The highest BCUT2D eigenvalue weighted by atomic mass is 15.2. The number of guanidine groups is 1. The third-order valence-corrected chi connectivity index (χ3v) is 2.25. The summed E-state index contributed by atoms with van der Waals surface area (Å²) in [6.07, 6.45) is 0. The molecule has 1 atom stereocenters. The van der Waals surface area contributed by atoms with Gasteiger partial charge in [-0.25, -0.2) is 0 Å². The van der Waals surface area contributed by atoms with E-state index in [9.17, 15) is 0 Å². The Morgan fingerprint density at radius 1 is 1.38 bits per heavy atom. The minimum Gasteiger partial charge on any atom is -0.370 e. The standard InChI is InChI=1S/C10H13N3/c1-7-2-4-8(5-3-7)9-6-12-10(11)13-9/h2-5,9H,6H2,1H3,(H3,11,12,13). The van der Waals surface area contributed by atoms with Gasteiger partial charge < -0.3 is 11.1 Å². The molecule has 0 aromatic heterocycles. The second-order valence-corrected chi connectivity index (χ2v) is 3.33. The van der Waals surface area contributed by atoms with Crippen molar-refractivity contribution in [1.82, 2.24) is 5.32 Å². The molecule has 3 heteroatoms. The zero-order valence-electron chi connectivity index (χ0n) is 7.62. The van der Waals surface area contributed by atoms with Crippen molar-refractivity contribution in [3.63, 3.8) is 0 Å². The van der Waals surface area contributed by atoms with Crippen molar-refractivity contribution in [2.24, 2.45) is 10.7 Å².